The van der Waals surface area contributed by atoms with Gasteiger partial charge < -0.3 is 10.0 Å². The molecular formula is C17H21FN2O2. The van der Waals surface area contributed by atoms with Gasteiger partial charge in [-0.1, -0.05) is 20.8 Å². The fraction of sp³-hybridized carbons (Fsp3) is 0.529. The molecule has 1 spiro atoms. The molecule has 5 heteroatoms. The molecule has 0 aromatic heterocycles. The van der Waals surface area contributed by atoms with E-state index in [9.17, 15) is 14.3 Å². The number of likely N-dealkylation sites (tertiary alicyclic amines) is 1. The van der Waals surface area contributed by atoms with E-state index in [1.807, 2.05) is 0 Å². The molecule has 3 rings (SSSR count). The topological polar surface area (TPSA) is 52.9 Å². The number of hydrogen-bond donors (Lipinski definition) is 1. The molecule has 1 fully saturated rings. The average Bonchev–Trinajstić information content (AvgIpc) is 2.74. The number of fused-ring (bicyclic) bond motifs is 2. The molecule has 1 aromatic rings. The summed E-state index contributed by atoms with van der Waals surface area (Å²) in [5, 5.41) is 9.17. The Morgan fingerprint density at radius 1 is 1.32 bits per heavy atom. The third-order valence-electron chi connectivity index (χ3n) is 4.76. The summed E-state index contributed by atoms with van der Waals surface area (Å²) in [5.74, 6) is -0.260. The highest BCUT2D eigenvalue weighted by Gasteiger charge is 2.49. The molecule has 0 aliphatic carbocycles. The number of aliphatic imine (C=N–C) groups is 1. The van der Waals surface area contributed by atoms with Crippen molar-refractivity contribution in [3.63, 3.8) is 0 Å². The summed E-state index contributed by atoms with van der Waals surface area (Å²) in [6.07, 6.45) is 0.430. The molecule has 1 aromatic carbocycles. The van der Waals surface area contributed by atoms with Gasteiger partial charge in [0.05, 0.1) is 5.69 Å². The van der Waals surface area contributed by atoms with E-state index in [0.717, 1.165) is 17.0 Å². The van der Waals surface area contributed by atoms with Crippen molar-refractivity contribution in [1.29, 1.82) is 0 Å². The third kappa shape index (κ3) is 2.19. The number of carboxylic acid groups (broad SMARTS) is 1. The number of rotatable bonds is 0. The molecule has 0 atom stereocenters. The first-order valence-electron chi connectivity index (χ1n) is 7.62. The summed E-state index contributed by atoms with van der Waals surface area (Å²) in [5.41, 5.74) is 2.32. The van der Waals surface area contributed by atoms with E-state index in [1.54, 1.807) is 12.1 Å². The molecule has 2 aliphatic rings. The van der Waals surface area contributed by atoms with Crippen molar-refractivity contribution in [3.05, 3.63) is 29.6 Å². The lowest BCUT2D eigenvalue weighted by atomic mass is 9.64. The smallest absolute Gasteiger partial charge is 0.407 e. The standard InChI is InChI=1S/C17H21FN2O2/c1-16(2,3)14-17(6-8-20(9-7-17)15(21)22)12-10-11(18)4-5-13(12)19-14/h4-5,10H,6-9H2,1-3H3,(H,21,22). The van der Waals surface area contributed by atoms with E-state index in [1.165, 1.54) is 11.0 Å². The first-order chi connectivity index (χ1) is 10.2. The molecule has 4 nitrogen and oxygen atoms in total. The van der Waals surface area contributed by atoms with Gasteiger partial charge in [-0.25, -0.2) is 9.18 Å². The van der Waals surface area contributed by atoms with Crippen LogP contribution in [0.15, 0.2) is 23.2 Å². The minimum absolute atomic E-state index is 0.138. The lowest BCUT2D eigenvalue weighted by molar-refractivity contribution is 0.126. The number of benzene rings is 1. The summed E-state index contributed by atoms with van der Waals surface area (Å²) < 4.78 is 13.8. The maximum Gasteiger partial charge on any atom is 0.407 e. The Hall–Kier alpha value is -1.91. The highest BCUT2D eigenvalue weighted by Crippen LogP contribution is 2.51. The predicted molar refractivity (Wildman–Crippen MR) is 83.5 cm³/mol. The van der Waals surface area contributed by atoms with Gasteiger partial charge in [-0.15, -0.1) is 0 Å². The number of carbonyl (C=O) groups is 1. The van der Waals surface area contributed by atoms with E-state index in [4.69, 9.17) is 4.99 Å². The Morgan fingerprint density at radius 3 is 2.50 bits per heavy atom. The summed E-state index contributed by atoms with van der Waals surface area (Å²) in [6, 6.07) is 4.75. The minimum atomic E-state index is -0.887. The van der Waals surface area contributed by atoms with Crippen LogP contribution in [0.3, 0.4) is 0 Å². The molecule has 22 heavy (non-hydrogen) atoms. The fourth-order valence-electron chi connectivity index (χ4n) is 3.82. The van der Waals surface area contributed by atoms with Crippen LogP contribution in [-0.4, -0.2) is 34.9 Å². The van der Waals surface area contributed by atoms with Gasteiger partial charge in [0.2, 0.25) is 0 Å². The second-order valence-electron chi connectivity index (χ2n) is 7.22. The Balaban J connectivity index is 2.06. The van der Waals surface area contributed by atoms with Crippen LogP contribution in [0.5, 0.6) is 0 Å². The maximum atomic E-state index is 13.8. The molecule has 0 radical (unpaired) electrons. The molecule has 0 unspecified atom stereocenters. The van der Waals surface area contributed by atoms with Gasteiger partial charge in [-0.3, -0.25) is 4.99 Å². The number of halogens is 1. The van der Waals surface area contributed by atoms with E-state index in [2.05, 4.69) is 20.8 Å². The zero-order valence-corrected chi connectivity index (χ0v) is 13.2. The molecule has 0 bridgehead atoms. The van der Waals surface area contributed by atoms with Crippen LogP contribution in [-0.2, 0) is 5.41 Å². The largest absolute Gasteiger partial charge is 0.465 e. The zero-order valence-electron chi connectivity index (χ0n) is 13.2. The molecule has 2 heterocycles. The van der Waals surface area contributed by atoms with Gasteiger partial charge in [-0.05, 0) is 36.6 Å². The third-order valence-corrected chi connectivity index (χ3v) is 4.76. The van der Waals surface area contributed by atoms with Crippen LogP contribution < -0.4 is 0 Å². The summed E-state index contributed by atoms with van der Waals surface area (Å²) in [7, 11) is 0. The van der Waals surface area contributed by atoms with Crippen LogP contribution in [0, 0.1) is 11.2 Å². The van der Waals surface area contributed by atoms with E-state index < -0.39 is 6.09 Å². The first kappa shape index (κ1) is 15.0. The molecule has 1 saturated heterocycles. The van der Waals surface area contributed by atoms with Gasteiger partial charge in [0, 0.05) is 29.6 Å². The maximum absolute atomic E-state index is 13.8. The number of nitrogens with zero attached hydrogens (tertiary/aromatic N) is 2. The van der Waals surface area contributed by atoms with Crippen molar-refractivity contribution >= 4 is 17.5 Å². The fourth-order valence-corrected chi connectivity index (χ4v) is 3.82. The zero-order chi connectivity index (χ0) is 16.1. The van der Waals surface area contributed by atoms with Crippen molar-refractivity contribution in [1.82, 2.24) is 4.90 Å². The van der Waals surface area contributed by atoms with Crippen molar-refractivity contribution in [3.8, 4) is 0 Å². The molecule has 1 N–H and O–H groups in total. The normalized spacial score (nSPS) is 20.0. The van der Waals surface area contributed by atoms with Gasteiger partial charge >= 0.3 is 6.09 Å². The van der Waals surface area contributed by atoms with Crippen LogP contribution in [0.2, 0.25) is 0 Å². The Kier molecular flexibility index (Phi) is 3.27. The van der Waals surface area contributed by atoms with Crippen molar-refractivity contribution < 1.29 is 14.3 Å². The first-order valence-corrected chi connectivity index (χ1v) is 7.62. The summed E-state index contributed by atoms with van der Waals surface area (Å²) >= 11 is 0. The van der Waals surface area contributed by atoms with Gasteiger partial charge in [-0.2, -0.15) is 0 Å². The van der Waals surface area contributed by atoms with E-state index >= 15 is 0 Å². The second-order valence-corrected chi connectivity index (χ2v) is 7.22. The van der Waals surface area contributed by atoms with Crippen LogP contribution in [0.4, 0.5) is 14.9 Å². The second kappa shape index (κ2) is 4.80. The van der Waals surface area contributed by atoms with Crippen molar-refractivity contribution in [2.24, 2.45) is 10.4 Å². The number of amides is 1. The SMILES string of the molecule is CC(C)(C)C1=Nc2ccc(F)cc2C12CCN(C(=O)O)CC2. The number of piperidine rings is 1. The molecular weight excluding hydrogens is 283 g/mol. The van der Waals surface area contributed by atoms with Gasteiger partial charge in [0.15, 0.2) is 0 Å². The Labute approximate surface area is 129 Å². The minimum Gasteiger partial charge on any atom is -0.465 e. The Bertz CT molecular complexity index is 653. The van der Waals surface area contributed by atoms with Crippen molar-refractivity contribution in [2.45, 2.75) is 39.0 Å². The highest BCUT2D eigenvalue weighted by molar-refractivity contribution is 6.05. The monoisotopic (exact) mass is 304 g/mol. The Morgan fingerprint density at radius 2 is 1.95 bits per heavy atom. The van der Waals surface area contributed by atoms with Gasteiger partial charge in [0.25, 0.3) is 0 Å². The molecule has 118 valence electrons. The lowest BCUT2D eigenvalue weighted by Crippen LogP contribution is -2.50. The average molecular weight is 304 g/mol. The molecule has 1 amide bonds. The van der Waals surface area contributed by atoms with E-state index in [-0.39, 0.29) is 16.6 Å². The van der Waals surface area contributed by atoms with E-state index in [0.29, 0.717) is 25.9 Å². The quantitative estimate of drug-likeness (QED) is 0.788. The number of hydrogen-bond acceptors (Lipinski definition) is 2. The van der Waals surface area contributed by atoms with Gasteiger partial charge in [0.1, 0.15) is 5.82 Å². The summed E-state index contributed by atoms with van der Waals surface area (Å²) in [4.78, 5) is 17.4. The van der Waals surface area contributed by atoms with Crippen LogP contribution in [0.25, 0.3) is 0 Å². The van der Waals surface area contributed by atoms with Crippen LogP contribution in [0.1, 0.15) is 39.2 Å². The van der Waals surface area contributed by atoms with Crippen molar-refractivity contribution in [2.75, 3.05) is 13.1 Å². The predicted octanol–water partition coefficient (Wildman–Crippen LogP) is 3.97. The molecule has 0 saturated carbocycles. The molecule has 2 aliphatic heterocycles. The van der Waals surface area contributed by atoms with Crippen LogP contribution >= 0.6 is 0 Å². The highest BCUT2D eigenvalue weighted by atomic mass is 19.1. The summed E-state index contributed by atoms with van der Waals surface area (Å²) in [6.45, 7) is 7.25. The lowest BCUT2D eigenvalue weighted by Gasteiger charge is -2.43.